The number of benzene rings is 1. The van der Waals surface area contributed by atoms with Crippen LogP contribution in [-0.2, 0) is 26.0 Å². The van der Waals surface area contributed by atoms with Gasteiger partial charge in [-0.1, -0.05) is 6.07 Å². The smallest absolute Gasteiger partial charge is 0.379 e. The topological polar surface area (TPSA) is 72.8 Å². The van der Waals surface area contributed by atoms with E-state index in [2.05, 4.69) is 4.74 Å². The molecule has 0 unspecified atom stereocenters. The number of rotatable bonds is 8. The van der Waals surface area contributed by atoms with E-state index in [4.69, 9.17) is 9.29 Å². The van der Waals surface area contributed by atoms with Gasteiger partial charge in [0.2, 0.25) is 0 Å². The Balaban J connectivity index is 2.36. The zero-order valence-corrected chi connectivity index (χ0v) is 12.7. The highest BCUT2D eigenvalue weighted by Gasteiger charge is 2.27. The van der Waals surface area contributed by atoms with E-state index in [9.17, 15) is 21.6 Å². The summed E-state index contributed by atoms with van der Waals surface area (Å²) in [4.78, 5) is -0.207. The van der Waals surface area contributed by atoms with Crippen molar-refractivity contribution in [3.63, 3.8) is 0 Å². The molecule has 0 fully saturated rings. The fourth-order valence-corrected chi connectivity index (χ4v) is 2.20. The molecule has 22 heavy (non-hydrogen) atoms. The molecule has 0 aliphatic rings. The van der Waals surface area contributed by atoms with Crippen LogP contribution in [0.25, 0.3) is 0 Å². The minimum absolute atomic E-state index is 0.00706. The molecular weight excluding hydrogens is 325 g/mol. The lowest BCUT2D eigenvalue weighted by Gasteiger charge is -2.10. The number of halogens is 3. The zero-order chi connectivity index (χ0) is 16.8. The van der Waals surface area contributed by atoms with E-state index >= 15 is 0 Å². The summed E-state index contributed by atoms with van der Waals surface area (Å²) in [6, 6.07) is 4.19. The maximum atomic E-state index is 11.8. The summed E-state index contributed by atoms with van der Waals surface area (Å²) < 4.78 is 75.9. The Bertz CT molecular complexity index is 584. The van der Waals surface area contributed by atoms with Gasteiger partial charge in [-0.15, -0.1) is 0 Å². The highest BCUT2D eigenvalue weighted by Crippen LogP contribution is 2.16. The lowest BCUT2D eigenvalue weighted by atomic mass is 10.1. The average molecular weight is 342 g/mol. The minimum Gasteiger partial charge on any atom is -0.379 e. The van der Waals surface area contributed by atoms with Gasteiger partial charge in [0.1, 0.15) is 6.61 Å². The summed E-state index contributed by atoms with van der Waals surface area (Å²) in [5.41, 5.74) is 1.50. The predicted octanol–water partition coefficient (Wildman–Crippen LogP) is 2.38. The summed E-state index contributed by atoms with van der Waals surface area (Å²) in [5, 5.41) is 0. The number of hydrogen-bond acceptors (Lipinski definition) is 4. The van der Waals surface area contributed by atoms with Gasteiger partial charge >= 0.3 is 6.18 Å². The van der Waals surface area contributed by atoms with E-state index < -0.39 is 22.9 Å². The molecule has 0 saturated carbocycles. The van der Waals surface area contributed by atoms with E-state index in [0.717, 1.165) is 5.56 Å². The lowest BCUT2D eigenvalue weighted by molar-refractivity contribution is -0.176. The van der Waals surface area contributed by atoms with Crippen molar-refractivity contribution in [1.82, 2.24) is 0 Å². The van der Waals surface area contributed by atoms with Crippen LogP contribution in [0.5, 0.6) is 0 Å². The average Bonchev–Trinajstić information content (AvgIpc) is 2.37. The summed E-state index contributed by atoms with van der Waals surface area (Å²) in [5.74, 6) is 0. The molecule has 9 heteroatoms. The first-order chi connectivity index (χ1) is 10.1. The van der Waals surface area contributed by atoms with Crippen molar-refractivity contribution in [3.05, 3.63) is 29.3 Å². The number of alkyl halides is 3. The van der Waals surface area contributed by atoms with E-state index in [0.29, 0.717) is 12.0 Å². The summed E-state index contributed by atoms with van der Waals surface area (Å²) in [7, 11) is -4.27. The van der Waals surface area contributed by atoms with Crippen molar-refractivity contribution >= 4 is 10.1 Å². The molecule has 0 aliphatic carbocycles. The minimum atomic E-state index is -4.35. The van der Waals surface area contributed by atoms with E-state index in [1.54, 1.807) is 13.0 Å². The van der Waals surface area contributed by atoms with Gasteiger partial charge in [0.05, 0.1) is 24.7 Å². The number of hydrogen-bond donors (Lipinski definition) is 1. The molecule has 0 heterocycles. The lowest BCUT2D eigenvalue weighted by Crippen LogP contribution is -2.19. The Morgan fingerprint density at radius 2 is 1.77 bits per heavy atom. The Morgan fingerprint density at radius 1 is 1.14 bits per heavy atom. The van der Waals surface area contributed by atoms with E-state index in [1.807, 2.05) is 0 Å². The highest BCUT2D eigenvalue weighted by atomic mass is 32.2. The molecule has 0 radical (unpaired) electrons. The van der Waals surface area contributed by atoms with E-state index in [1.165, 1.54) is 12.1 Å². The molecule has 5 nitrogen and oxygen atoms in total. The van der Waals surface area contributed by atoms with Gasteiger partial charge in [-0.05, 0) is 36.6 Å². The molecule has 0 aliphatic heterocycles. The predicted molar refractivity (Wildman–Crippen MR) is 72.4 cm³/mol. The zero-order valence-electron chi connectivity index (χ0n) is 11.9. The first kappa shape index (κ1) is 18.9. The van der Waals surface area contributed by atoms with E-state index in [-0.39, 0.29) is 24.7 Å². The van der Waals surface area contributed by atoms with Gasteiger partial charge < -0.3 is 9.47 Å². The Morgan fingerprint density at radius 3 is 2.36 bits per heavy atom. The Kier molecular flexibility index (Phi) is 6.79. The molecule has 1 rings (SSSR count). The fraction of sp³-hybridized carbons (Fsp3) is 0.538. The standard InChI is InChI=1S/C13H17F3O5S/c1-10-2-3-12(22(17,18)19)8-11(10)4-5-20-6-7-21-9-13(14,15)16/h2-3,8H,4-7,9H2,1H3,(H,17,18,19). The quantitative estimate of drug-likeness (QED) is 0.580. The van der Waals surface area contributed by atoms with Crippen LogP contribution in [0.3, 0.4) is 0 Å². The molecular formula is C13H17F3O5S. The van der Waals surface area contributed by atoms with Gasteiger partial charge in [-0.3, -0.25) is 4.55 Å². The van der Waals surface area contributed by atoms with Crippen LogP contribution in [0.15, 0.2) is 23.1 Å². The maximum absolute atomic E-state index is 11.8. The summed E-state index contributed by atoms with van der Waals surface area (Å²) in [6.45, 7) is 0.489. The van der Waals surface area contributed by atoms with Crippen LogP contribution in [0, 0.1) is 6.92 Å². The molecule has 0 amide bonds. The fourth-order valence-electron chi connectivity index (χ4n) is 1.67. The van der Waals surface area contributed by atoms with Crippen LogP contribution in [0.2, 0.25) is 0 Å². The second kappa shape index (κ2) is 7.91. The van der Waals surface area contributed by atoms with Gasteiger partial charge in [0.25, 0.3) is 10.1 Å². The van der Waals surface area contributed by atoms with Crippen LogP contribution < -0.4 is 0 Å². The molecule has 1 aromatic rings. The van der Waals surface area contributed by atoms with Gasteiger partial charge in [-0.2, -0.15) is 21.6 Å². The van der Waals surface area contributed by atoms with Crippen molar-refractivity contribution in [2.45, 2.75) is 24.4 Å². The van der Waals surface area contributed by atoms with Crippen molar-refractivity contribution in [2.75, 3.05) is 26.4 Å². The largest absolute Gasteiger partial charge is 0.411 e. The third kappa shape index (κ3) is 7.21. The maximum Gasteiger partial charge on any atom is 0.411 e. The van der Waals surface area contributed by atoms with Gasteiger partial charge in [-0.25, -0.2) is 0 Å². The number of ether oxygens (including phenoxy) is 2. The first-order valence-corrected chi connectivity index (χ1v) is 7.83. The Labute approximate surface area is 126 Å². The second-order valence-corrected chi connectivity index (χ2v) is 6.02. The van der Waals surface area contributed by atoms with Gasteiger partial charge in [0, 0.05) is 0 Å². The number of aryl methyl sites for hydroxylation is 1. The normalized spacial score (nSPS) is 12.6. The van der Waals surface area contributed by atoms with Crippen LogP contribution in [0.4, 0.5) is 13.2 Å². The first-order valence-electron chi connectivity index (χ1n) is 6.39. The van der Waals surface area contributed by atoms with Crippen LogP contribution >= 0.6 is 0 Å². The van der Waals surface area contributed by atoms with Crippen molar-refractivity contribution in [2.24, 2.45) is 0 Å². The highest BCUT2D eigenvalue weighted by molar-refractivity contribution is 7.85. The molecule has 1 N–H and O–H groups in total. The van der Waals surface area contributed by atoms with Crippen molar-refractivity contribution in [1.29, 1.82) is 0 Å². The SMILES string of the molecule is Cc1ccc(S(=O)(=O)O)cc1CCOCCOCC(F)(F)F. The van der Waals surface area contributed by atoms with Crippen molar-refractivity contribution in [3.8, 4) is 0 Å². The molecule has 0 saturated heterocycles. The third-order valence-electron chi connectivity index (χ3n) is 2.77. The second-order valence-electron chi connectivity index (χ2n) is 4.59. The van der Waals surface area contributed by atoms with Gasteiger partial charge in [0.15, 0.2) is 0 Å². The molecule has 0 aromatic heterocycles. The van der Waals surface area contributed by atoms with Crippen LogP contribution in [-0.4, -0.2) is 45.6 Å². The molecule has 1 aromatic carbocycles. The molecule has 0 bridgehead atoms. The Hall–Kier alpha value is -1.16. The van der Waals surface area contributed by atoms with Crippen LogP contribution in [0.1, 0.15) is 11.1 Å². The molecule has 0 spiro atoms. The monoisotopic (exact) mass is 342 g/mol. The van der Waals surface area contributed by atoms with Crippen molar-refractivity contribution < 1.29 is 35.6 Å². The summed E-state index contributed by atoms with van der Waals surface area (Å²) in [6.07, 6.45) is -3.98. The third-order valence-corrected chi connectivity index (χ3v) is 3.62. The molecule has 0 atom stereocenters. The summed E-state index contributed by atoms with van der Waals surface area (Å²) >= 11 is 0. The molecule has 126 valence electrons.